The van der Waals surface area contributed by atoms with Crippen molar-refractivity contribution in [3.63, 3.8) is 0 Å². The van der Waals surface area contributed by atoms with E-state index in [1.807, 2.05) is 0 Å². The van der Waals surface area contributed by atoms with Crippen LogP contribution in [0, 0.1) is 0 Å². The number of hydrogen-bond acceptors (Lipinski definition) is 2. The second kappa shape index (κ2) is 4.04. The third-order valence-electron chi connectivity index (χ3n) is 1.88. The summed E-state index contributed by atoms with van der Waals surface area (Å²) in [5.74, 6) is 0. The molecule has 0 aromatic heterocycles. The second-order valence-corrected chi connectivity index (χ2v) is 15.4. The Morgan fingerprint density at radius 2 is 1.25 bits per heavy atom. The van der Waals surface area contributed by atoms with Gasteiger partial charge in [-0.2, -0.15) is 0 Å². The molecule has 0 aliphatic carbocycles. The summed E-state index contributed by atoms with van der Waals surface area (Å²) in [6.07, 6.45) is 0. The van der Waals surface area contributed by atoms with Crippen molar-refractivity contribution in [3.05, 3.63) is 0 Å². The van der Waals surface area contributed by atoms with Crippen LogP contribution in [0.5, 0.6) is 0 Å². The summed E-state index contributed by atoms with van der Waals surface area (Å²) < 4.78 is 7.86. The van der Waals surface area contributed by atoms with Gasteiger partial charge in [-0.1, -0.05) is 39.3 Å². The van der Waals surface area contributed by atoms with E-state index in [1.165, 1.54) is 0 Å². The van der Waals surface area contributed by atoms with Gasteiger partial charge in [0.15, 0.2) is 0 Å². The first-order chi connectivity index (χ1) is 5.19. The lowest BCUT2D eigenvalue weighted by molar-refractivity contribution is 0.147. The second-order valence-electron chi connectivity index (χ2n) is 5.19. The van der Waals surface area contributed by atoms with E-state index in [-0.39, 0.29) is 0 Å². The third kappa shape index (κ3) is 3.84. The normalized spacial score (nSPS) is 14.0. The highest BCUT2D eigenvalue weighted by atomic mass is 28.4. The van der Waals surface area contributed by atoms with Gasteiger partial charge in [-0.25, -0.2) is 0 Å². The van der Waals surface area contributed by atoms with Crippen LogP contribution in [0.3, 0.4) is 0 Å². The topological polar surface area (TPSA) is 12.5 Å². The van der Waals surface area contributed by atoms with E-state index in [1.54, 1.807) is 7.11 Å². The number of ether oxygens (including phenoxy) is 1. The molecule has 0 saturated heterocycles. The van der Waals surface area contributed by atoms with Crippen molar-refractivity contribution in [2.75, 3.05) is 13.8 Å². The molecule has 0 atom stereocenters. The maximum absolute atomic E-state index is 5.25. The van der Waals surface area contributed by atoms with Crippen LogP contribution in [0.1, 0.15) is 0 Å². The monoisotopic (exact) mass is 205 g/mol. The van der Waals surface area contributed by atoms with Gasteiger partial charge < -0.3 is 8.97 Å². The molecule has 0 amide bonds. The van der Waals surface area contributed by atoms with E-state index in [0.29, 0.717) is 0 Å². The summed E-state index contributed by atoms with van der Waals surface area (Å²) in [7, 11) is -0.561. The van der Waals surface area contributed by atoms with Crippen LogP contribution in [0.15, 0.2) is 0 Å². The Kier molecular flexibility index (Phi) is 4.16. The average molecular weight is 205 g/mol. The van der Waals surface area contributed by atoms with Crippen molar-refractivity contribution in [1.29, 1.82) is 0 Å². The molecule has 4 heteroatoms. The molecule has 0 aromatic carbocycles. The van der Waals surface area contributed by atoms with Crippen molar-refractivity contribution in [2.45, 2.75) is 39.3 Å². The lowest BCUT2D eigenvalue weighted by atomic mass is 11.3. The molecule has 0 spiro atoms. The lowest BCUT2D eigenvalue weighted by Crippen LogP contribution is -2.59. The van der Waals surface area contributed by atoms with E-state index >= 15 is 0 Å². The molecule has 74 valence electrons. The highest BCUT2D eigenvalue weighted by Gasteiger charge is 2.33. The largest absolute Gasteiger partial charge is 0.371 e. The zero-order chi connectivity index (χ0) is 9.99. The molecular formula is C8H23NOSi2. The molecule has 12 heavy (non-hydrogen) atoms. The van der Waals surface area contributed by atoms with Crippen LogP contribution in [0.4, 0.5) is 0 Å². The molecule has 0 aliphatic heterocycles. The number of nitrogens with zero attached hydrogens (tertiary/aromatic N) is 1. The van der Waals surface area contributed by atoms with Gasteiger partial charge in [0, 0.05) is 7.11 Å². The molecule has 0 unspecified atom stereocenters. The molecule has 0 radical (unpaired) electrons. The Labute approximate surface area is 79.1 Å². The summed E-state index contributed by atoms with van der Waals surface area (Å²) >= 11 is 0. The molecule has 0 saturated carbocycles. The number of hydrogen-bond donors (Lipinski definition) is 0. The SMILES string of the molecule is COCN([Si](C)(C)C)[Si](C)(C)C. The molecule has 0 aromatic rings. The Morgan fingerprint density at radius 1 is 0.917 bits per heavy atom. The first kappa shape index (κ1) is 12.4. The molecule has 0 rings (SSSR count). The van der Waals surface area contributed by atoms with Crippen molar-refractivity contribution in [2.24, 2.45) is 0 Å². The minimum atomic E-state index is -1.17. The predicted molar refractivity (Wildman–Crippen MR) is 60.4 cm³/mol. The van der Waals surface area contributed by atoms with Crippen molar-refractivity contribution in [1.82, 2.24) is 4.23 Å². The fourth-order valence-corrected chi connectivity index (χ4v) is 10.6. The van der Waals surface area contributed by atoms with Crippen LogP contribution in [-0.2, 0) is 4.74 Å². The van der Waals surface area contributed by atoms with Crippen LogP contribution in [0.2, 0.25) is 39.3 Å². The van der Waals surface area contributed by atoms with Crippen molar-refractivity contribution >= 4 is 16.5 Å². The standard InChI is InChI=1S/C8H23NOSi2/c1-10-8-9(11(2,3)4)12(5,6)7/h8H2,1-7H3. The Hall–Kier alpha value is 0.354. The Balaban J connectivity index is 4.45. The maximum Gasteiger partial charge on any atom is 0.114 e. The van der Waals surface area contributed by atoms with Crippen LogP contribution >= 0.6 is 0 Å². The number of rotatable bonds is 4. The van der Waals surface area contributed by atoms with E-state index in [0.717, 1.165) is 6.73 Å². The first-order valence-electron chi connectivity index (χ1n) is 4.46. The predicted octanol–water partition coefficient (Wildman–Crippen LogP) is 2.56. The minimum absolute atomic E-state index is 0.811. The highest BCUT2D eigenvalue weighted by Crippen LogP contribution is 2.18. The summed E-state index contributed by atoms with van der Waals surface area (Å²) in [5, 5.41) is 0. The summed E-state index contributed by atoms with van der Waals surface area (Å²) in [4.78, 5) is 0. The van der Waals surface area contributed by atoms with Gasteiger partial charge in [0.2, 0.25) is 0 Å². The highest BCUT2D eigenvalue weighted by molar-refractivity contribution is 6.89. The van der Waals surface area contributed by atoms with E-state index in [2.05, 4.69) is 43.5 Å². The Bertz CT molecular complexity index is 123. The van der Waals surface area contributed by atoms with Gasteiger partial charge in [0.25, 0.3) is 0 Å². The first-order valence-corrected chi connectivity index (χ1v) is 11.4. The van der Waals surface area contributed by atoms with Gasteiger partial charge in [0.05, 0.1) is 6.73 Å². The quantitative estimate of drug-likeness (QED) is 0.517. The average Bonchev–Trinajstić information content (AvgIpc) is 1.77. The summed E-state index contributed by atoms with van der Waals surface area (Å²) in [6.45, 7) is 15.1. The van der Waals surface area contributed by atoms with Crippen LogP contribution in [-0.4, -0.2) is 34.5 Å². The molecule has 0 bridgehead atoms. The molecule has 0 aliphatic rings. The molecule has 2 nitrogen and oxygen atoms in total. The smallest absolute Gasteiger partial charge is 0.114 e. The zero-order valence-electron chi connectivity index (χ0n) is 9.56. The lowest BCUT2D eigenvalue weighted by Gasteiger charge is -2.42. The zero-order valence-corrected chi connectivity index (χ0v) is 11.6. The fourth-order valence-electron chi connectivity index (χ4n) is 1.52. The van der Waals surface area contributed by atoms with Gasteiger partial charge in [-0.15, -0.1) is 0 Å². The molecule has 0 heterocycles. The Morgan fingerprint density at radius 3 is 1.33 bits per heavy atom. The van der Waals surface area contributed by atoms with E-state index in [4.69, 9.17) is 4.74 Å². The molecule has 0 fully saturated rings. The summed E-state index contributed by atoms with van der Waals surface area (Å²) in [5.41, 5.74) is 0. The van der Waals surface area contributed by atoms with Crippen molar-refractivity contribution < 1.29 is 4.74 Å². The van der Waals surface area contributed by atoms with E-state index < -0.39 is 16.5 Å². The van der Waals surface area contributed by atoms with Gasteiger partial charge in [0.1, 0.15) is 16.5 Å². The van der Waals surface area contributed by atoms with Gasteiger partial charge in [-0.05, 0) is 0 Å². The molecular weight excluding hydrogens is 182 g/mol. The third-order valence-corrected chi connectivity index (χ3v) is 9.40. The maximum atomic E-state index is 5.25. The van der Waals surface area contributed by atoms with Crippen molar-refractivity contribution in [3.8, 4) is 0 Å². The molecule has 0 N–H and O–H groups in total. The van der Waals surface area contributed by atoms with Gasteiger partial charge >= 0.3 is 0 Å². The van der Waals surface area contributed by atoms with Gasteiger partial charge in [-0.3, -0.25) is 0 Å². The van der Waals surface area contributed by atoms with Crippen LogP contribution in [0.25, 0.3) is 0 Å². The fraction of sp³-hybridized carbons (Fsp3) is 1.00. The summed E-state index contributed by atoms with van der Waals surface area (Å²) in [6, 6.07) is 0. The van der Waals surface area contributed by atoms with Crippen LogP contribution < -0.4 is 0 Å². The number of methoxy groups -OCH3 is 1. The minimum Gasteiger partial charge on any atom is -0.371 e. The van der Waals surface area contributed by atoms with E-state index in [9.17, 15) is 0 Å².